The summed E-state index contributed by atoms with van der Waals surface area (Å²) in [6.07, 6.45) is 3.83. The summed E-state index contributed by atoms with van der Waals surface area (Å²) >= 11 is 0. The van der Waals surface area contributed by atoms with Crippen molar-refractivity contribution < 1.29 is 19.1 Å². The molecule has 2 rings (SSSR count). The smallest absolute Gasteiger partial charge is 0.328 e. The van der Waals surface area contributed by atoms with Gasteiger partial charge < -0.3 is 4.74 Å². The van der Waals surface area contributed by atoms with Crippen molar-refractivity contribution in [2.24, 2.45) is 11.3 Å². The number of amides is 4. The van der Waals surface area contributed by atoms with Crippen LogP contribution in [0.2, 0.25) is 0 Å². The first-order valence-corrected chi connectivity index (χ1v) is 6.74. The van der Waals surface area contributed by atoms with Gasteiger partial charge in [-0.05, 0) is 38.0 Å². The van der Waals surface area contributed by atoms with Gasteiger partial charge in [0.05, 0.1) is 6.10 Å². The number of methoxy groups -OCH3 is 1. The van der Waals surface area contributed by atoms with Crippen molar-refractivity contribution in [1.82, 2.24) is 10.6 Å². The number of rotatable bonds is 3. The number of imide groups is 2. The maximum Gasteiger partial charge on any atom is 0.328 e. The summed E-state index contributed by atoms with van der Waals surface area (Å²) in [5.74, 6) is -0.939. The summed E-state index contributed by atoms with van der Waals surface area (Å²) in [6.45, 7) is 1.82. The fourth-order valence-corrected chi connectivity index (χ4v) is 3.34. The van der Waals surface area contributed by atoms with Gasteiger partial charge in [0, 0.05) is 7.11 Å². The molecule has 0 bridgehead atoms. The lowest BCUT2D eigenvalue weighted by molar-refractivity contribution is -0.150. The second-order valence-electron chi connectivity index (χ2n) is 5.27. The standard InChI is InChI=1S/C13H20N2O4/c1-3-13(8-4-6-9(19-2)7-5-8)10(16)14-12(18)15-11(13)17/h8-9H,3-7H2,1-2H3,(H2,14,15,16,17,18). The van der Waals surface area contributed by atoms with Gasteiger partial charge in [0.2, 0.25) is 11.8 Å². The monoisotopic (exact) mass is 268 g/mol. The van der Waals surface area contributed by atoms with Gasteiger partial charge in [0.15, 0.2) is 0 Å². The molecule has 0 atom stereocenters. The molecule has 0 radical (unpaired) electrons. The second kappa shape index (κ2) is 5.28. The predicted molar refractivity (Wildman–Crippen MR) is 67.2 cm³/mol. The highest BCUT2D eigenvalue weighted by atomic mass is 16.5. The molecule has 2 fully saturated rings. The molecule has 19 heavy (non-hydrogen) atoms. The number of barbiturate groups is 1. The van der Waals surface area contributed by atoms with E-state index in [1.165, 1.54) is 0 Å². The van der Waals surface area contributed by atoms with E-state index in [2.05, 4.69) is 10.6 Å². The molecule has 4 amide bonds. The predicted octanol–water partition coefficient (Wildman–Crippen LogP) is 0.954. The third-order valence-corrected chi connectivity index (χ3v) is 4.53. The fraction of sp³-hybridized carbons (Fsp3) is 0.769. The summed E-state index contributed by atoms with van der Waals surface area (Å²) in [5, 5.41) is 4.47. The van der Waals surface area contributed by atoms with Gasteiger partial charge in [-0.25, -0.2) is 4.79 Å². The second-order valence-corrected chi connectivity index (χ2v) is 5.27. The minimum Gasteiger partial charge on any atom is -0.381 e. The Kier molecular flexibility index (Phi) is 3.89. The Hall–Kier alpha value is -1.43. The lowest BCUT2D eigenvalue weighted by Crippen LogP contribution is -2.65. The van der Waals surface area contributed by atoms with Crippen LogP contribution in [0.25, 0.3) is 0 Å². The Bertz CT molecular complexity index is 379. The van der Waals surface area contributed by atoms with Crippen LogP contribution in [0, 0.1) is 11.3 Å². The molecule has 0 aromatic rings. The van der Waals surface area contributed by atoms with Crippen molar-refractivity contribution in [2.75, 3.05) is 7.11 Å². The maximum absolute atomic E-state index is 12.2. The average molecular weight is 268 g/mol. The first-order valence-electron chi connectivity index (χ1n) is 6.74. The summed E-state index contributed by atoms with van der Waals surface area (Å²) in [7, 11) is 1.68. The van der Waals surface area contributed by atoms with Crippen LogP contribution >= 0.6 is 0 Å². The van der Waals surface area contributed by atoms with Gasteiger partial charge in [0.25, 0.3) is 0 Å². The molecule has 1 aliphatic carbocycles. The maximum atomic E-state index is 12.2. The van der Waals surface area contributed by atoms with Crippen molar-refractivity contribution >= 4 is 17.8 Å². The number of carbonyl (C=O) groups is 3. The zero-order chi connectivity index (χ0) is 14.0. The summed E-state index contributed by atoms with van der Waals surface area (Å²) in [4.78, 5) is 35.6. The van der Waals surface area contributed by atoms with E-state index in [4.69, 9.17) is 4.74 Å². The topological polar surface area (TPSA) is 84.5 Å². The summed E-state index contributed by atoms with van der Waals surface area (Å²) in [5.41, 5.74) is -1.10. The van der Waals surface area contributed by atoms with E-state index in [0.717, 1.165) is 25.7 Å². The Labute approximate surface area is 112 Å². The number of ether oxygens (including phenoxy) is 1. The van der Waals surface area contributed by atoms with Gasteiger partial charge in [-0.1, -0.05) is 6.92 Å². The van der Waals surface area contributed by atoms with Crippen LogP contribution in [-0.2, 0) is 14.3 Å². The minimum absolute atomic E-state index is 0.0306. The SMILES string of the molecule is CCC1(C2CCC(OC)CC2)C(=O)NC(=O)NC1=O. The zero-order valence-corrected chi connectivity index (χ0v) is 11.3. The van der Waals surface area contributed by atoms with Crippen LogP contribution in [0.5, 0.6) is 0 Å². The Morgan fingerprint density at radius 1 is 1.11 bits per heavy atom. The molecule has 0 unspecified atom stereocenters. The molecule has 2 N–H and O–H groups in total. The highest BCUT2D eigenvalue weighted by molar-refractivity contribution is 6.19. The molecule has 106 valence electrons. The van der Waals surface area contributed by atoms with Crippen LogP contribution in [0.1, 0.15) is 39.0 Å². The van der Waals surface area contributed by atoms with E-state index in [0.29, 0.717) is 6.42 Å². The lowest BCUT2D eigenvalue weighted by atomic mass is 9.65. The van der Waals surface area contributed by atoms with E-state index >= 15 is 0 Å². The van der Waals surface area contributed by atoms with Gasteiger partial charge in [-0.2, -0.15) is 0 Å². The van der Waals surface area contributed by atoms with Crippen LogP contribution < -0.4 is 10.6 Å². The van der Waals surface area contributed by atoms with Gasteiger partial charge in [0.1, 0.15) is 5.41 Å². The van der Waals surface area contributed by atoms with Crippen molar-refractivity contribution in [3.05, 3.63) is 0 Å². The normalized spacial score (nSPS) is 30.7. The molecule has 1 saturated heterocycles. The molecular weight excluding hydrogens is 248 g/mol. The number of carbonyl (C=O) groups excluding carboxylic acids is 3. The van der Waals surface area contributed by atoms with Crippen LogP contribution in [-0.4, -0.2) is 31.1 Å². The lowest BCUT2D eigenvalue weighted by Gasteiger charge is -2.42. The van der Waals surface area contributed by atoms with Gasteiger partial charge in [-0.15, -0.1) is 0 Å². The van der Waals surface area contributed by atoms with E-state index in [9.17, 15) is 14.4 Å². The molecule has 0 spiro atoms. The molecule has 1 aliphatic heterocycles. The van der Waals surface area contributed by atoms with Crippen molar-refractivity contribution in [3.8, 4) is 0 Å². The molecule has 6 nitrogen and oxygen atoms in total. The van der Waals surface area contributed by atoms with Crippen LogP contribution in [0.4, 0.5) is 4.79 Å². The molecule has 2 aliphatic rings. The highest BCUT2D eigenvalue weighted by Crippen LogP contribution is 2.43. The van der Waals surface area contributed by atoms with E-state index in [1.807, 2.05) is 6.92 Å². The first kappa shape index (κ1) is 14.0. The Morgan fingerprint density at radius 2 is 1.63 bits per heavy atom. The van der Waals surface area contributed by atoms with Crippen molar-refractivity contribution in [3.63, 3.8) is 0 Å². The Morgan fingerprint density at radius 3 is 2.05 bits per heavy atom. The third kappa shape index (κ3) is 2.25. The fourth-order valence-electron chi connectivity index (χ4n) is 3.34. The molecule has 6 heteroatoms. The molecule has 0 aromatic heterocycles. The van der Waals surface area contributed by atoms with Crippen LogP contribution in [0.15, 0.2) is 0 Å². The Balaban J connectivity index is 2.20. The van der Waals surface area contributed by atoms with Crippen molar-refractivity contribution in [2.45, 2.75) is 45.1 Å². The average Bonchev–Trinajstić information content (AvgIpc) is 2.39. The molecule has 0 aromatic carbocycles. The van der Waals surface area contributed by atoms with E-state index in [-0.39, 0.29) is 12.0 Å². The minimum atomic E-state index is -1.10. The number of hydrogen-bond donors (Lipinski definition) is 2. The quantitative estimate of drug-likeness (QED) is 0.746. The first-order chi connectivity index (χ1) is 9.04. The van der Waals surface area contributed by atoms with Crippen LogP contribution in [0.3, 0.4) is 0 Å². The van der Waals surface area contributed by atoms with E-state index < -0.39 is 23.3 Å². The summed E-state index contributed by atoms with van der Waals surface area (Å²) in [6, 6.07) is -0.718. The third-order valence-electron chi connectivity index (χ3n) is 4.53. The number of urea groups is 1. The highest BCUT2D eigenvalue weighted by Gasteiger charge is 2.54. The summed E-state index contributed by atoms with van der Waals surface area (Å²) < 4.78 is 5.31. The largest absolute Gasteiger partial charge is 0.381 e. The molecule has 1 heterocycles. The van der Waals surface area contributed by atoms with Crippen molar-refractivity contribution in [1.29, 1.82) is 0 Å². The van der Waals surface area contributed by atoms with Gasteiger partial charge in [-0.3, -0.25) is 20.2 Å². The van der Waals surface area contributed by atoms with Gasteiger partial charge >= 0.3 is 6.03 Å². The molecule has 1 saturated carbocycles. The number of nitrogens with one attached hydrogen (secondary N) is 2. The number of hydrogen-bond acceptors (Lipinski definition) is 4. The van der Waals surface area contributed by atoms with E-state index in [1.54, 1.807) is 7.11 Å². The zero-order valence-electron chi connectivity index (χ0n) is 11.3. The molecular formula is C13H20N2O4.